The summed E-state index contributed by atoms with van der Waals surface area (Å²) in [6.45, 7) is 2.00. The number of carboxylic acids is 1. The number of aromatic carboxylic acids is 1. The van der Waals surface area contributed by atoms with Crippen molar-refractivity contribution in [1.29, 1.82) is 0 Å². The van der Waals surface area contributed by atoms with Crippen LogP contribution < -0.4 is 10.6 Å². The van der Waals surface area contributed by atoms with Gasteiger partial charge in [-0.2, -0.15) is 0 Å². The zero-order chi connectivity index (χ0) is 15.2. The van der Waals surface area contributed by atoms with Crippen molar-refractivity contribution in [2.45, 2.75) is 18.1 Å². The summed E-state index contributed by atoms with van der Waals surface area (Å²) in [7, 11) is 0. The van der Waals surface area contributed by atoms with E-state index in [-0.39, 0.29) is 16.5 Å². The second kappa shape index (κ2) is 7.68. The molecule has 1 fully saturated rings. The number of hydrogen-bond acceptors (Lipinski definition) is 4. The van der Waals surface area contributed by atoms with Gasteiger partial charge in [0.2, 0.25) is 5.91 Å². The summed E-state index contributed by atoms with van der Waals surface area (Å²) in [5, 5.41) is 15.6. The molecule has 5 nitrogen and oxygen atoms in total. The predicted molar refractivity (Wildman–Crippen MR) is 85.4 cm³/mol. The maximum absolute atomic E-state index is 11.9. The zero-order valence-corrected chi connectivity index (χ0v) is 13.0. The fourth-order valence-electron chi connectivity index (χ4n) is 2.09. The molecule has 0 atom stereocenters. The highest BCUT2D eigenvalue weighted by atomic mass is 35.5. The Balaban J connectivity index is 1.85. The number of benzene rings is 1. The van der Waals surface area contributed by atoms with Gasteiger partial charge in [-0.3, -0.25) is 4.79 Å². The molecular formula is C14H17ClN2O3S. The molecular weight excluding hydrogens is 312 g/mol. The van der Waals surface area contributed by atoms with Crippen LogP contribution in [-0.2, 0) is 4.79 Å². The summed E-state index contributed by atoms with van der Waals surface area (Å²) in [5.74, 6) is -0.790. The second-order valence-electron chi connectivity index (χ2n) is 4.81. The van der Waals surface area contributed by atoms with Crippen LogP contribution in [0, 0.1) is 0 Å². The van der Waals surface area contributed by atoms with Crippen LogP contribution in [0.5, 0.6) is 0 Å². The molecule has 114 valence electrons. The van der Waals surface area contributed by atoms with E-state index < -0.39 is 5.97 Å². The molecule has 7 heteroatoms. The fraction of sp³-hybridized carbons (Fsp3) is 0.429. The third-order valence-corrected chi connectivity index (χ3v) is 4.91. The van der Waals surface area contributed by atoms with Crippen LogP contribution in [0.15, 0.2) is 18.2 Å². The van der Waals surface area contributed by atoms with Crippen molar-refractivity contribution in [2.75, 3.05) is 24.2 Å². The van der Waals surface area contributed by atoms with Gasteiger partial charge in [-0.05, 0) is 44.1 Å². The molecule has 1 aliphatic rings. The maximum Gasteiger partial charge on any atom is 0.335 e. The summed E-state index contributed by atoms with van der Waals surface area (Å²) in [5.41, 5.74) is 0.541. The standard InChI is InChI=1S/C14H17ClN2O3S/c15-11-7-9(14(19)20)1-2-12(11)17-13(18)8-21-10-3-5-16-6-4-10/h1-2,7,10,16H,3-6,8H2,(H,17,18)(H,19,20). The lowest BCUT2D eigenvalue weighted by Crippen LogP contribution is -2.30. The molecule has 0 radical (unpaired) electrons. The first kappa shape index (κ1) is 16.1. The summed E-state index contributed by atoms with van der Waals surface area (Å²) in [4.78, 5) is 22.7. The van der Waals surface area contributed by atoms with E-state index >= 15 is 0 Å². The van der Waals surface area contributed by atoms with Gasteiger partial charge in [0.1, 0.15) is 0 Å². The van der Waals surface area contributed by atoms with Gasteiger partial charge >= 0.3 is 5.97 Å². The Labute approximate surface area is 132 Å². The number of nitrogens with one attached hydrogen (secondary N) is 2. The Morgan fingerprint density at radius 2 is 2.10 bits per heavy atom. The highest BCUT2D eigenvalue weighted by Crippen LogP contribution is 2.24. The van der Waals surface area contributed by atoms with Gasteiger partial charge in [-0.1, -0.05) is 11.6 Å². The maximum atomic E-state index is 11.9. The number of anilines is 1. The SMILES string of the molecule is O=C(CSC1CCNCC1)Nc1ccc(C(=O)O)cc1Cl. The van der Waals surface area contributed by atoms with Crippen molar-refractivity contribution < 1.29 is 14.7 Å². The highest BCUT2D eigenvalue weighted by Gasteiger charge is 2.15. The number of rotatable bonds is 5. The molecule has 2 rings (SSSR count). The van der Waals surface area contributed by atoms with Gasteiger partial charge in [-0.25, -0.2) is 4.79 Å². The molecule has 1 aliphatic heterocycles. The minimum Gasteiger partial charge on any atom is -0.478 e. The molecule has 1 amide bonds. The Morgan fingerprint density at radius 1 is 1.38 bits per heavy atom. The van der Waals surface area contributed by atoms with Gasteiger partial charge < -0.3 is 15.7 Å². The lowest BCUT2D eigenvalue weighted by molar-refractivity contribution is -0.113. The van der Waals surface area contributed by atoms with Crippen molar-refractivity contribution in [3.8, 4) is 0 Å². The Bertz CT molecular complexity index is 533. The van der Waals surface area contributed by atoms with Crippen molar-refractivity contribution >= 4 is 40.9 Å². The molecule has 0 unspecified atom stereocenters. The third-order valence-electron chi connectivity index (χ3n) is 3.23. The van der Waals surface area contributed by atoms with E-state index in [0.717, 1.165) is 25.9 Å². The van der Waals surface area contributed by atoms with E-state index in [4.69, 9.17) is 16.7 Å². The Kier molecular flexibility index (Phi) is 5.90. The van der Waals surface area contributed by atoms with Gasteiger partial charge in [0.15, 0.2) is 0 Å². The van der Waals surface area contributed by atoms with Crippen LogP contribution in [0.3, 0.4) is 0 Å². The second-order valence-corrected chi connectivity index (χ2v) is 6.50. The molecule has 1 aromatic rings. The van der Waals surface area contributed by atoms with Gasteiger partial charge in [0, 0.05) is 5.25 Å². The van der Waals surface area contributed by atoms with Crippen LogP contribution in [0.1, 0.15) is 23.2 Å². The molecule has 3 N–H and O–H groups in total. The predicted octanol–water partition coefficient (Wildman–Crippen LogP) is 2.46. The monoisotopic (exact) mass is 328 g/mol. The molecule has 0 aliphatic carbocycles. The number of carboxylic acid groups (broad SMARTS) is 1. The van der Waals surface area contributed by atoms with Crippen LogP contribution in [0.2, 0.25) is 5.02 Å². The van der Waals surface area contributed by atoms with Crippen LogP contribution in [0.4, 0.5) is 5.69 Å². The number of carbonyl (C=O) groups is 2. The number of thioether (sulfide) groups is 1. The highest BCUT2D eigenvalue weighted by molar-refractivity contribution is 8.00. The quantitative estimate of drug-likeness (QED) is 0.774. The first-order valence-corrected chi connectivity index (χ1v) is 8.14. The smallest absolute Gasteiger partial charge is 0.335 e. The van der Waals surface area contributed by atoms with E-state index in [1.165, 1.54) is 18.2 Å². The summed E-state index contributed by atoms with van der Waals surface area (Å²) < 4.78 is 0. The molecule has 21 heavy (non-hydrogen) atoms. The lowest BCUT2D eigenvalue weighted by Gasteiger charge is -2.21. The molecule has 1 aromatic carbocycles. The Hall–Kier alpha value is -1.24. The first-order chi connectivity index (χ1) is 10.1. The largest absolute Gasteiger partial charge is 0.478 e. The van der Waals surface area contributed by atoms with Crippen LogP contribution in [0.25, 0.3) is 0 Å². The summed E-state index contributed by atoms with van der Waals surface area (Å²) >= 11 is 7.62. The topological polar surface area (TPSA) is 78.4 Å². The minimum atomic E-state index is -1.05. The average molecular weight is 329 g/mol. The van der Waals surface area contributed by atoms with E-state index in [0.29, 0.717) is 16.7 Å². The fourth-order valence-corrected chi connectivity index (χ4v) is 3.35. The van der Waals surface area contributed by atoms with Crippen molar-refractivity contribution in [3.05, 3.63) is 28.8 Å². The van der Waals surface area contributed by atoms with Gasteiger partial charge in [-0.15, -0.1) is 11.8 Å². The molecule has 1 heterocycles. The lowest BCUT2D eigenvalue weighted by atomic mass is 10.2. The summed E-state index contributed by atoms with van der Waals surface area (Å²) in [6.07, 6.45) is 2.15. The van der Waals surface area contributed by atoms with Crippen molar-refractivity contribution in [2.24, 2.45) is 0 Å². The number of halogens is 1. The zero-order valence-electron chi connectivity index (χ0n) is 11.4. The number of piperidine rings is 1. The molecule has 0 aromatic heterocycles. The minimum absolute atomic E-state index is 0.0991. The van der Waals surface area contributed by atoms with Crippen molar-refractivity contribution in [1.82, 2.24) is 5.32 Å². The molecule has 0 saturated carbocycles. The van der Waals surface area contributed by atoms with Gasteiger partial charge in [0.25, 0.3) is 0 Å². The molecule has 1 saturated heterocycles. The van der Waals surface area contributed by atoms with E-state index in [2.05, 4.69) is 10.6 Å². The van der Waals surface area contributed by atoms with Gasteiger partial charge in [0.05, 0.1) is 22.0 Å². The average Bonchev–Trinajstić information content (AvgIpc) is 2.48. The number of carbonyl (C=O) groups excluding carboxylic acids is 1. The van der Waals surface area contributed by atoms with E-state index in [1.54, 1.807) is 11.8 Å². The van der Waals surface area contributed by atoms with Crippen molar-refractivity contribution in [3.63, 3.8) is 0 Å². The third kappa shape index (κ3) is 4.91. The van der Waals surface area contributed by atoms with Crippen LogP contribution in [-0.4, -0.2) is 41.1 Å². The van der Waals surface area contributed by atoms with E-state index in [1.807, 2.05) is 0 Å². The first-order valence-electron chi connectivity index (χ1n) is 6.71. The Morgan fingerprint density at radius 3 is 2.71 bits per heavy atom. The summed E-state index contributed by atoms with van der Waals surface area (Å²) in [6, 6.07) is 4.27. The normalized spacial score (nSPS) is 15.7. The number of amides is 1. The molecule has 0 bridgehead atoms. The molecule has 0 spiro atoms. The number of hydrogen-bond donors (Lipinski definition) is 3. The van der Waals surface area contributed by atoms with E-state index in [9.17, 15) is 9.59 Å². The van der Waals surface area contributed by atoms with Crippen LogP contribution >= 0.6 is 23.4 Å².